The predicted octanol–water partition coefficient (Wildman–Crippen LogP) is 13.3. The van der Waals surface area contributed by atoms with E-state index in [0.29, 0.717) is 30.9 Å². The minimum Gasteiger partial charge on any atom is -0.477 e. The number of hydrogen-bond donors (Lipinski definition) is 5. The van der Waals surface area contributed by atoms with Crippen molar-refractivity contribution in [3.05, 3.63) is 226 Å². The van der Waals surface area contributed by atoms with Gasteiger partial charge in [-0.05, 0) is 84.5 Å². The number of benzene rings is 7. The molecule has 0 spiro atoms. The molecule has 0 amide bonds. The maximum Gasteiger partial charge on any atom is 0.404 e. The smallest absolute Gasteiger partial charge is 0.404 e. The number of carbonyl (C=O) groups excluding carboxylic acids is 3. The second-order valence-electron chi connectivity index (χ2n) is 17.6. The van der Waals surface area contributed by atoms with Crippen LogP contribution >= 0.6 is 22.3 Å². The summed E-state index contributed by atoms with van der Waals surface area (Å²) in [5.41, 5.74) is 7.56. The van der Waals surface area contributed by atoms with Gasteiger partial charge in [0.2, 0.25) is 29.1 Å². The van der Waals surface area contributed by atoms with Crippen molar-refractivity contribution in [3.63, 3.8) is 0 Å². The van der Waals surface area contributed by atoms with Gasteiger partial charge in [0.15, 0.2) is 17.5 Å². The molecule has 0 atom stereocenters. The molecule has 0 aliphatic heterocycles. The topological polar surface area (TPSA) is 295 Å². The van der Waals surface area contributed by atoms with Gasteiger partial charge in [0.05, 0.1) is 40.0 Å². The summed E-state index contributed by atoms with van der Waals surface area (Å²) in [5, 5.41) is 8.62. The molecule has 18 nitrogen and oxygen atoms in total. The molecular weight excluding hydrogens is 1300 g/mol. The third-order valence-electron chi connectivity index (χ3n) is 10.4. The van der Waals surface area contributed by atoms with Crippen LogP contribution in [0.3, 0.4) is 0 Å². The molecule has 0 aliphatic carbocycles. The fourth-order valence-corrected chi connectivity index (χ4v) is 9.70. The third kappa shape index (κ3) is 28.9. The molecule has 0 aromatic heterocycles. The average Bonchev–Trinajstić information content (AvgIpc) is 3.09. The fraction of sp³-hybridized carbons (Fsp3) is 0.207. The predicted molar refractivity (Wildman–Crippen MR) is 320 cm³/mol. The Balaban J connectivity index is 0.000000382. The van der Waals surface area contributed by atoms with Crippen molar-refractivity contribution < 1.29 is 98.9 Å². The van der Waals surface area contributed by atoms with Gasteiger partial charge in [-0.3, -0.25) is 9.44 Å². The van der Waals surface area contributed by atoms with Gasteiger partial charge in [0, 0.05) is 28.3 Å². The highest BCUT2D eigenvalue weighted by Crippen LogP contribution is 2.25. The quantitative estimate of drug-likeness (QED) is 0.0165. The molecule has 0 radical (unpaired) electrons. The molecule has 31 heteroatoms. The first-order chi connectivity index (χ1) is 41.8. The van der Waals surface area contributed by atoms with Crippen LogP contribution in [0.5, 0.6) is 0 Å². The van der Waals surface area contributed by atoms with E-state index in [1.165, 1.54) is 6.07 Å². The van der Waals surface area contributed by atoms with Crippen LogP contribution in [-0.4, -0.2) is 71.0 Å². The number of carboxylic acid groups (broad SMARTS) is 1. The van der Waals surface area contributed by atoms with Crippen molar-refractivity contribution in [2.24, 2.45) is 0 Å². The molecule has 0 fully saturated rings. The summed E-state index contributed by atoms with van der Waals surface area (Å²) in [6, 6.07) is 35.1. The van der Waals surface area contributed by atoms with E-state index in [4.69, 9.17) is 48.3 Å². The normalized spacial score (nSPS) is 10.6. The van der Waals surface area contributed by atoms with Crippen molar-refractivity contribution in [1.29, 1.82) is 0 Å². The van der Waals surface area contributed by atoms with E-state index in [-0.39, 0.29) is 48.5 Å². The van der Waals surface area contributed by atoms with Crippen LogP contribution in [0.2, 0.25) is 0 Å². The average molecular weight is 1350 g/mol. The second-order valence-corrected chi connectivity index (χ2v) is 24.5. The molecule has 7 rings (SSSR count). The lowest BCUT2D eigenvalue weighted by Crippen LogP contribution is -2.19. The van der Waals surface area contributed by atoms with Crippen molar-refractivity contribution in [2.75, 3.05) is 38.2 Å². The Labute approximate surface area is 517 Å². The lowest BCUT2D eigenvalue weighted by atomic mass is 10.1. The molecule has 482 valence electrons. The molecule has 7 aromatic rings. The molecule has 89 heavy (non-hydrogen) atoms. The first kappa shape index (κ1) is 76.6. The first-order valence-electron chi connectivity index (χ1n) is 25.6. The highest BCUT2D eigenvalue weighted by molar-refractivity contribution is 8.13. The fourth-order valence-electron chi connectivity index (χ4n) is 6.43. The Morgan fingerprint density at radius 1 is 0.461 bits per heavy atom. The summed E-state index contributed by atoms with van der Waals surface area (Å²) < 4.78 is 191. The molecule has 0 heterocycles. The highest BCUT2D eigenvalue weighted by Gasteiger charge is 2.25. The van der Waals surface area contributed by atoms with Crippen LogP contribution in [0.1, 0.15) is 87.8 Å². The maximum atomic E-state index is 14.4. The second kappa shape index (κ2) is 38.0. The monoisotopic (exact) mass is 1350 g/mol. The summed E-state index contributed by atoms with van der Waals surface area (Å²) in [6.45, 7) is 5.04. The molecule has 0 unspecified atom stereocenters. The van der Waals surface area contributed by atoms with E-state index in [2.05, 4.69) is 4.74 Å². The molecule has 0 bridgehead atoms. The molecule has 7 N–H and O–H groups in total. The number of anilines is 4. The lowest BCUT2D eigenvalue weighted by molar-refractivity contribution is 0.0452. The highest BCUT2D eigenvalue weighted by atomic mass is 35.7. The molecule has 0 aliphatic rings. The Morgan fingerprint density at radius 2 is 0.809 bits per heavy atom. The standard InChI is InChI=1S/C17H17F2NO4S.C14H11F2NO2.C10H11F2NO4S.C8H7ClO2.C6H5F2N.C3H7ClO2S/c1-2-10-25(22,23)20-14-9-8-13(18)15(16(14)19)17(21)24-11-12-6-4-3-5-7-12;15-10-6-7-11(17)13(16)12(10)14(18)19-8-9-4-2-1-3-5-9;1-2-5-18(16,17)13-7-4-3-6(11)8(9(7)12)10(14)15;9-8(10)11-6-7-4-2-1-3-5-7;7-4-1-2-6(9)5(8)3-4;1-2-3-7(4,5)6/h3-9,20H,2,10-11H2,1H3;1-7H,8,17H2;3-4,13H,2,5H2,1H3,(H,14,15);1-5H,6H2;1-3H,9H2;2-3H2,1H3. The van der Waals surface area contributed by atoms with Crippen molar-refractivity contribution in [1.82, 2.24) is 0 Å². The van der Waals surface area contributed by atoms with Crippen LogP contribution in [-0.2, 0) is 63.1 Å². The number of nitrogen functional groups attached to an aromatic ring is 2. The zero-order valence-electron chi connectivity index (χ0n) is 47.1. The van der Waals surface area contributed by atoms with Crippen LogP contribution < -0.4 is 20.9 Å². The molecule has 0 saturated carbocycles. The van der Waals surface area contributed by atoms with Crippen LogP contribution in [0.25, 0.3) is 0 Å². The van der Waals surface area contributed by atoms with Crippen molar-refractivity contribution >= 4 is 97.5 Å². The van der Waals surface area contributed by atoms with E-state index in [0.717, 1.165) is 53.6 Å². The SMILES string of the molecule is CCCS(=O)(=O)Cl.CCCS(=O)(=O)Nc1ccc(F)c(C(=O)O)c1F.CCCS(=O)(=O)Nc1ccc(F)c(C(=O)OCc2ccccc2)c1F.Nc1ccc(F)c(C(=O)OCc2ccccc2)c1F.Nc1ccc(F)cc1F.O=C(Cl)OCc1ccccc1. The van der Waals surface area contributed by atoms with E-state index < -0.39 is 127 Å². The summed E-state index contributed by atoms with van der Waals surface area (Å²) in [7, 11) is -5.95. The minimum absolute atomic E-state index is 0.0311. The number of hydrogen-bond acceptors (Lipinski definition) is 15. The third-order valence-corrected chi connectivity index (χ3v) is 14.9. The van der Waals surface area contributed by atoms with Gasteiger partial charge < -0.3 is 30.8 Å². The van der Waals surface area contributed by atoms with Gasteiger partial charge in [-0.15, -0.1) is 0 Å². The maximum absolute atomic E-state index is 14.4. The van der Waals surface area contributed by atoms with Gasteiger partial charge in [-0.2, -0.15) is 0 Å². The Hall–Kier alpha value is -8.51. The van der Waals surface area contributed by atoms with E-state index in [1.54, 1.807) is 75.4 Å². The van der Waals surface area contributed by atoms with Gasteiger partial charge in [0.1, 0.15) is 65.6 Å². The Bertz CT molecular complexity index is 3820. The molecular formula is C58H58Cl2F8N4O14S3. The lowest BCUT2D eigenvalue weighted by Gasteiger charge is -2.12. The van der Waals surface area contributed by atoms with Crippen LogP contribution in [0, 0.1) is 46.5 Å². The Morgan fingerprint density at radius 3 is 1.15 bits per heavy atom. The van der Waals surface area contributed by atoms with Gasteiger partial charge >= 0.3 is 23.3 Å². The number of ether oxygens (including phenoxy) is 3. The van der Waals surface area contributed by atoms with E-state index >= 15 is 0 Å². The van der Waals surface area contributed by atoms with Crippen molar-refractivity contribution in [2.45, 2.75) is 59.9 Å². The van der Waals surface area contributed by atoms with Gasteiger partial charge in [-0.1, -0.05) is 112 Å². The zero-order valence-corrected chi connectivity index (χ0v) is 51.1. The first-order valence-corrected chi connectivity index (χ1v) is 31.8. The number of halogens is 10. The molecule has 7 aromatic carbocycles. The van der Waals surface area contributed by atoms with Gasteiger partial charge in [0.25, 0.3) is 0 Å². The zero-order chi connectivity index (χ0) is 67.1. The number of sulfonamides is 2. The van der Waals surface area contributed by atoms with Gasteiger partial charge in [-0.25, -0.2) is 79.6 Å². The number of carbonyl (C=O) groups is 4. The molecule has 0 saturated heterocycles. The number of rotatable bonds is 19. The summed E-state index contributed by atoms with van der Waals surface area (Å²) in [4.78, 5) is 44.5. The number of nitrogens with one attached hydrogen (secondary N) is 2. The summed E-state index contributed by atoms with van der Waals surface area (Å²) >= 11 is 4.97. The summed E-state index contributed by atoms with van der Waals surface area (Å²) in [6.07, 6.45) is 1.22. The number of esters is 2. The van der Waals surface area contributed by atoms with E-state index in [1.807, 2.05) is 45.8 Å². The van der Waals surface area contributed by atoms with E-state index in [9.17, 15) is 79.6 Å². The minimum atomic E-state index is -3.78. The number of carboxylic acids is 1. The number of nitrogens with two attached hydrogens (primary N) is 2. The summed E-state index contributed by atoms with van der Waals surface area (Å²) in [5.74, 6) is -13.0. The van der Waals surface area contributed by atoms with Crippen LogP contribution in [0.15, 0.2) is 146 Å². The number of aromatic carboxylic acids is 1. The Kier molecular flexibility index (Phi) is 32.7. The van der Waals surface area contributed by atoms with Crippen LogP contribution in [0.4, 0.5) is 62.7 Å². The largest absolute Gasteiger partial charge is 0.477 e. The van der Waals surface area contributed by atoms with Crippen molar-refractivity contribution in [3.8, 4) is 0 Å².